The SMILES string of the molecule is Cc1ccc(C[NH+](C)CN2C(=O)[C@H]3CC=CC[C@H]3C2=O)c(C)c1. The summed E-state index contributed by atoms with van der Waals surface area (Å²) in [6.45, 7) is 5.47. The third-order valence-corrected chi connectivity index (χ3v) is 5.02. The van der Waals surface area contributed by atoms with Crippen LogP contribution < -0.4 is 4.90 Å². The molecule has 1 saturated heterocycles. The lowest BCUT2D eigenvalue weighted by molar-refractivity contribution is -0.901. The molecule has 1 N–H and O–H groups in total. The molecular weight excluding hydrogens is 288 g/mol. The standard InChI is InChI=1S/C19H24N2O2/c1-13-8-9-15(14(2)10-13)11-20(3)12-21-18(22)16-6-4-5-7-17(16)19(21)23/h4-5,8-10,16-17H,6-7,11-12H2,1-3H3/p+1/t16-,17+. The smallest absolute Gasteiger partial charge is 0.237 e. The first-order chi connectivity index (χ1) is 11.0. The first-order valence-electron chi connectivity index (χ1n) is 8.35. The highest BCUT2D eigenvalue weighted by Crippen LogP contribution is 2.34. The molecule has 4 heteroatoms. The molecule has 3 atom stereocenters. The number of hydrogen-bond donors (Lipinski definition) is 1. The van der Waals surface area contributed by atoms with Gasteiger partial charge in [-0.3, -0.25) is 9.59 Å². The summed E-state index contributed by atoms with van der Waals surface area (Å²) in [6, 6.07) is 6.43. The van der Waals surface area contributed by atoms with E-state index in [4.69, 9.17) is 0 Å². The van der Waals surface area contributed by atoms with E-state index in [1.807, 2.05) is 19.2 Å². The van der Waals surface area contributed by atoms with Crippen LogP contribution in [-0.2, 0) is 16.1 Å². The minimum atomic E-state index is -0.124. The lowest BCUT2D eigenvalue weighted by Gasteiger charge is -2.21. The first kappa shape index (κ1) is 15.9. The van der Waals surface area contributed by atoms with E-state index >= 15 is 0 Å². The van der Waals surface area contributed by atoms with E-state index in [2.05, 4.69) is 32.0 Å². The summed E-state index contributed by atoms with van der Waals surface area (Å²) >= 11 is 0. The van der Waals surface area contributed by atoms with Crippen LogP contribution >= 0.6 is 0 Å². The van der Waals surface area contributed by atoms with Crippen LogP contribution in [0.15, 0.2) is 30.4 Å². The van der Waals surface area contributed by atoms with Gasteiger partial charge in [-0.05, 0) is 32.3 Å². The predicted molar refractivity (Wildman–Crippen MR) is 88.6 cm³/mol. The summed E-state index contributed by atoms with van der Waals surface area (Å²) in [7, 11) is 2.04. The zero-order valence-electron chi connectivity index (χ0n) is 14.1. The largest absolute Gasteiger partial charge is 0.316 e. The second kappa shape index (κ2) is 6.28. The summed E-state index contributed by atoms with van der Waals surface area (Å²) < 4.78 is 0. The van der Waals surface area contributed by atoms with Crippen LogP contribution in [-0.4, -0.2) is 30.4 Å². The Kier molecular flexibility index (Phi) is 4.35. The van der Waals surface area contributed by atoms with Crippen molar-refractivity contribution in [2.75, 3.05) is 13.7 Å². The van der Waals surface area contributed by atoms with Gasteiger partial charge in [-0.2, -0.15) is 0 Å². The minimum absolute atomic E-state index is 0.0179. The molecule has 1 aromatic carbocycles. The molecule has 0 spiro atoms. The van der Waals surface area contributed by atoms with E-state index in [-0.39, 0.29) is 23.7 Å². The number of carbonyl (C=O) groups excluding carboxylic acids is 2. The van der Waals surface area contributed by atoms with Crippen molar-refractivity contribution in [3.63, 3.8) is 0 Å². The molecule has 1 aliphatic heterocycles. The summed E-state index contributed by atoms with van der Waals surface area (Å²) in [5.41, 5.74) is 3.79. The maximum atomic E-state index is 12.5. The van der Waals surface area contributed by atoms with Crippen LogP contribution in [0, 0.1) is 25.7 Å². The third-order valence-electron chi connectivity index (χ3n) is 5.02. The van der Waals surface area contributed by atoms with Crippen LogP contribution in [0.3, 0.4) is 0 Å². The molecule has 1 fully saturated rings. The summed E-state index contributed by atoms with van der Waals surface area (Å²) in [6.07, 6.45) is 5.48. The number of quaternary nitrogens is 1. The number of fused-ring (bicyclic) bond motifs is 1. The Morgan fingerprint density at radius 1 is 1.09 bits per heavy atom. The third kappa shape index (κ3) is 3.08. The van der Waals surface area contributed by atoms with Crippen LogP contribution in [0.4, 0.5) is 0 Å². The van der Waals surface area contributed by atoms with Crippen molar-refractivity contribution in [3.8, 4) is 0 Å². The Morgan fingerprint density at radius 2 is 1.70 bits per heavy atom. The second-order valence-electron chi connectivity index (χ2n) is 6.98. The molecule has 3 rings (SSSR count). The molecule has 0 bridgehead atoms. The lowest BCUT2D eigenvalue weighted by atomic mass is 9.85. The van der Waals surface area contributed by atoms with E-state index in [0.29, 0.717) is 19.5 Å². The lowest BCUT2D eigenvalue weighted by Crippen LogP contribution is -3.09. The number of benzene rings is 1. The van der Waals surface area contributed by atoms with Crippen molar-refractivity contribution in [1.29, 1.82) is 0 Å². The minimum Gasteiger partial charge on any atom is -0.316 e. The van der Waals surface area contributed by atoms with Crippen molar-refractivity contribution in [2.45, 2.75) is 33.2 Å². The Balaban J connectivity index is 1.67. The average molecular weight is 313 g/mol. The number of nitrogens with one attached hydrogen (secondary N) is 1. The van der Waals surface area contributed by atoms with Gasteiger partial charge in [0.05, 0.1) is 18.9 Å². The Labute approximate surface area is 137 Å². The molecule has 0 radical (unpaired) electrons. The van der Waals surface area contributed by atoms with Gasteiger partial charge in [-0.15, -0.1) is 0 Å². The number of aryl methyl sites for hydroxylation is 2. The van der Waals surface area contributed by atoms with Gasteiger partial charge in [0.15, 0.2) is 6.67 Å². The molecule has 0 saturated carbocycles. The predicted octanol–water partition coefficient (Wildman–Crippen LogP) is 1.23. The van der Waals surface area contributed by atoms with Gasteiger partial charge in [0.2, 0.25) is 11.8 Å². The van der Waals surface area contributed by atoms with E-state index in [1.165, 1.54) is 21.6 Å². The fraction of sp³-hybridized carbons (Fsp3) is 0.474. The molecule has 1 unspecified atom stereocenters. The summed E-state index contributed by atoms with van der Waals surface area (Å²) in [5, 5.41) is 0. The molecule has 1 aromatic rings. The van der Waals surface area contributed by atoms with Crippen molar-refractivity contribution < 1.29 is 14.5 Å². The number of amides is 2. The molecule has 1 heterocycles. The fourth-order valence-corrected chi connectivity index (χ4v) is 3.72. The van der Waals surface area contributed by atoms with Crippen molar-refractivity contribution in [1.82, 2.24) is 4.90 Å². The van der Waals surface area contributed by atoms with Gasteiger partial charge in [0.25, 0.3) is 0 Å². The van der Waals surface area contributed by atoms with E-state index in [0.717, 1.165) is 11.4 Å². The molecule has 23 heavy (non-hydrogen) atoms. The molecule has 0 aromatic heterocycles. The molecule has 4 nitrogen and oxygen atoms in total. The van der Waals surface area contributed by atoms with Gasteiger partial charge in [0, 0.05) is 5.56 Å². The zero-order chi connectivity index (χ0) is 16.6. The van der Waals surface area contributed by atoms with Gasteiger partial charge in [0.1, 0.15) is 6.54 Å². The first-order valence-corrected chi connectivity index (χ1v) is 8.35. The Hall–Kier alpha value is -1.94. The molecule has 2 aliphatic rings. The zero-order valence-corrected chi connectivity index (χ0v) is 14.1. The van der Waals surface area contributed by atoms with Gasteiger partial charge < -0.3 is 4.90 Å². The Bertz CT molecular complexity index is 639. The topological polar surface area (TPSA) is 41.8 Å². The summed E-state index contributed by atoms with van der Waals surface area (Å²) in [4.78, 5) is 27.7. The monoisotopic (exact) mass is 313 g/mol. The van der Waals surface area contributed by atoms with Crippen LogP contribution in [0.2, 0.25) is 0 Å². The highest BCUT2D eigenvalue weighted by atomic mass is 16.2. The maximum Gasteiger partial charge on any atom is 0.237 e. The van der Waals surface area contributed by atoms with Gasteiger partial charge >= 0.3 is 0 Å². The van der Waals surface area contributed by atoms with E-state index < -0.39 is 0 Å². The van der Waals surface area contributed by atoms with E-state index in [1.54, 1.807) is 0 Å². The maximum absolute atomic E-state index is 12.5. The van der Waals surface area contributed by atoms with Crippen molar-refractivity contribution >= 4 is 11.8 Å². The average Bonchev–Trinajstić information content (AvgIpc) is 2.76. The molecule has 1 aliphatic carbocycles. The number of imide groups is 1. The van der Waals surface area contributed by atoms with Crippen LogP contribution in [0.25, 0.3) is 0 Å². The number of hydrogen-bond acceptors (Lipinski definition) is 2. The van der Waals surface area contributed by atoms with E-state index in [9.17, 15) is 9.59 Å². The number of likely N-dealkylation sites (tertiary alicyclic amines) is 1. The normalized spacial score (nSPS) is 24.9. The summed E-state index contributed by atoms with van der Waals surface area (Å²) in [5.74, 6) is -0.212. The second-order valence-corrected chi connectivity index (χ2v) is 6.98. The van der Waals surface area contributed by atoms with Crippen LogP contribution in [0.1, 0.15) is 29.5 Å². The quantitative estimate of drug-likeness (QED) is 0.671. The number of allylic oxidation sites excluding steroid dienone is 2. The highest BCUT2D eigenvalue weighted by Gasteiger charge is 2.48. The van der Waals surface area contributed by atoms with Gasteiger partial charge in [-0.1, -0.05) is 35.9 Å². The number of rotatable bonds is 4. The van der Waals surface area contributed by atoms with Crippen molar-refractivity contribution in [3.05, 3.63) is 47.0 Å². The van der Waals surface area contributed by atoms with Crippen LogP contribution in [0.5, 0.6) is 0 Å². The van der Waals surface area contributed by atoms with Crippen molar-refractivity contribution in [2.24, 2.45) is 11.8 Å². The highest BCUT2D eigenvalue weighted by molar-refractivity contribution is 6.05. The van der Waals surface area contributed by atoms with Gasteiger partial charge in [-0.25, -0.2) is 4.90 Å². The number of nitrogens with zero attached hydrogens (tertiary/aromatic N) is 1. The molecule has 2 amide bonds. The Morgan fingerprint density at radius 3 is 2.26 bits per heavy atom. The molecule has 122 valence electrons. The number of carbonyl (C=O) groups is 2. The molecular formula is C19H25N2O2+. The fourth-order valence-electron chi connectivity index (χ4n) is 3.72.